The molecule has 1 rings (SSSR count). The number of alkyl halides is 3. The first-order valence-corrected chi connectivity index (χ1v) is 7.37. The second-order valence-corrected chi connectivity index (χ2v) is 7.65. The molecule has 0 aliphatic heterocycles. The third-order valence-corrected chi connectivity index (χ3v) is 2.86. The predicted molar refractivity (Wildman–Crippen MR) is 87.5 cm³/mol. The third kappa shape index (κ3) is 5.55. The number of hydrogen-bond acceptors (Lipinski definition) is 4. The number of methoxy groups -OCH3 is 1. The first-order valence-electron chi connectivity index (χ1n) is 6.23. The highest BCUT2D eigenvalue weighted by molar-refractivity contribution is 6.77. The molecule has 5 nitrogen and oxygen atoms in total. The van der Waals surface area contributed by atoms with Gasteiger partial charge in [-0.3, -0.25) is 10.1 Å². The Balaban J connectivity index is 2.99. The Morgan fingerprint density at radius 2 is 1.73 bits per heavy atom. The fourth-order valence-corrected chi connectivity index (χ4v) is 1.84. The van der Waals surface area contributed by atoms with Crippen molar-refractivity contribution in [3.63, 3.8) is 0 Å². The van der Waals surface area contributed by atoms with Gasteiger partial charge in [0, 0.05) is 11.8 Å². The van der Waals surface area contributed by atoms with E-state index in [0.29, 0.717) is 5.69 Å². The zero-order valence-electron chi connectivity index (χ0n) is 12.5. The Bertz CT molecular complexity index is 576. The van der Waals surface area contributed by atoms with Gasteiger partial charge in [-0.1, -0.05) is 34.8 Å². The van der Waals surface area contributed by atoms with E-state index >= 15 is 0 Å². The van der Waals surface area contributed by atoms with Crippen LogP contribution >= 0.6 is 34.8 Å². The highest BCUT2D eigenvalue weighted by Crippen LogP contribution is 2.34. The molecule has 0 aromatic heterocycles. The summed E-state index contributed by atoms with van der Waals surface area (Å²) >= 11 is 16.7. The molecule has 0 radical (unpaired) electrons. The van der Waals surface area contributed by atoms with Gasteiger partial charge >= 0.3 is 6.09 Å². The molecule has 8 heteroatoms. The molecule has 1 aromatic rings. The number of rotatable bonds is 3. The minimum absolute atomic E-state index is 0.0947. The molecule has 0 atom stereocenters. The van der Waals surface area contributed by atoms with Gasteiger partial charge in [0.25, 0.3) is 3.79 Å². The van der Waals surface area contributed by atoms with Crippen LogP contribution in [0.15, 0.2) is 18.2 Å². The lowest BCUT2D eigenvalue weighted by Crippen LogP contribution is -2.27. The van der Waals surface area contributed by atoms with Gasteiger partial charge in [-0.25, -0.2) is 4.79 Å². The monoisotopic (exact) mass is 367 g/mol. The topological polar surface area (TPSA) is 64.6 Å². The summed E-state index contributed by atoms with van der Waals surface area (Å²) in [5, 5.41) is 2.53. The van der Waals surface area contributed by atoms with E-state index in [4.69, 9.17) is 44.3 Å². The van der Waals surface area contributed by atoms with Crippen LogP contribution in [0, 0.1) is 0 Å². The SMILES string of the molecule is COc1cc(NC(=O)OC(C)(C)C)ccc1C(=O)C(Cl)(Cl)Cl. The van der Waals surface area contributed by atoms with E-state index in [2.05, 4.69) is 5.32 Å². The molecule has 0 aliphatic rings. The summed E-state index contributed by atoms with van der Waals surface area (Å²) in [5.41, 5.74) is -0.149. The van der Waals surface area contributed by atoms with Crippen LogP contribution in [-0.2, 0) is 4.74 Å². The number of carbonyl (C=O) groups excluding carboxylic acids is 2. The molecule has 1 amide bonds. The fraction of sp³-hybridized carbons (Fsp3) is 0.429. The molecule has 0 aliphatic carbocycles. The van der Waals surface area contributed by atoms with E-state index in [9.17, 15) is 9.59 Å². The van der Waals surface area contributed by atoms with Gasteiger partial charge in [0.2, 0.25) is 5.78 Å². The van der Waals surface area contributed by atoms with Crippen LogP contribution in [0.5, 0.6) is 5.75 Å². The van der Waals surface area contributed by atoms with E-state index < -0.39 is 21.3 Å². The quantitative estimate of drug-likeness (QED) is 0.626. The second-order valence-electron chi connectivity index (χ2n) is 5.37. The normalized spacial score (nSPS) is 11.8. The number of benzene rings is 1. The van der Waals surface area contributed by atoms with E-state index in [1.807, 2.05) is 0 Å². The van der Waals surface area contributed by atoms with Crippen molar-refractivity contribution in [1.82, 2.24) is 0 Å². The molecule has 0 bridgehead atoms. The Labute approximate surface area is 143 Å². The molecule has 0 fully saturated rings. The molecule has 0 unspecified atom stereocenters. The molecule has 1 N–H and O–H groups in total. The fourth-order valence-electron chi connectivity index (χ4n) is 1.53. The van der Waals surface area contributed by atoms with Gasteiger partial charge < -0.3 is 9.47 Å². The van der Waals surface area contributed by atoms with Crippen LogP contribution in [0.3, 0.4) is 0 Å². The van der Waals surface area contributed by atoms with Gasteiger partial charge in [0.1, 0.15) is 11.4 Å². The lowest BCUT2D eigenvalue weighted by atomic mass is 10.1. The number of nitrogens with one attached hydrogen (secondary N) is 1. The molecule has 0 saturated carbocycles. The number of ketones is 1. The van der Waals surface area contributed by atoms with Crippen LogP contribution in [0.2, 0.25) is 0 Å². The van der Waals surface area contributed by atoms with Gasteiger partial charge in [0.15, 0.2) is 0 Å². The van der Waals surface area contributed by atoms with E-state index in [0.717, 1.165) is 0 Å². The lowest BCUT2D eigenvalue weighted by Gasteiger charge is -2.20. The summed E-state index contributed by atoms with van der Waals surface area (Å²) in [6, 6.07) is 4.32. The molecule has 1 aromatic carbocycles. The summed E-state index contributed by atoms with van der Waals surface area (Å²) in [7, 11) is 1.36. The average molecular weight is 369 g/mol. The summed E-state index contributed by atoms with van der Waals surface area (Å²) in [5.74, 6) is -0.553. The molecular weight excluding hydrogens is 353 g/mol. The van der Waals surface area contributed by atoms with E-state index in [1.54, 1.807) is 20.8 Å². The summed E-state index contributed by atoms with van der Waals surface area (Å²) in [4.78, 5) is 23.7. The Kier molecular flexibility index (Phi) is 5.96. The number of amides is 1. The van der Waals surface area contributed by atoms with Gasteiger partial charge in [-0.15, -0.1) is 0 Å². The highest BCUT2D eigenvalue weighted by atomic mass is 35.6. The minimum Gasteiger partial charge on any atom is -0.496 e. The van der Waals surface area contributed by atoms with E-state index in [-0.39, 0.29) is 11.3 Å². The standard InChI is InChI=1S/C14H16Cl3NO4/c1-13(2,3)22-12(20)18-8-5-6-9(10(7-8)21-4)11(19)14(15,16)17/h5-7H,1-4H3,(H,18,20). The second kappa shape index (κ2) is 6.94. The number of anilines is 1. The maximum absolute atomic E-state index is 12.0. The smallest absolute Gasteiger partial charge is 0.412 e. The molecule has 0 spiro atoms. The van der Waals surface area contributed by atoms with Crippen molar-refractivity contribution in [1.29, 1.82) is 0 Å². The highest BCUT2D eigenvalue weighted by Gasteiger charge is 2.33. The maximum atomic E-state index is 12.0. The molecule has 0 heterocycles. The van der Waals surface area contributed by atoms with Crippen molar-refractivity contribution in [3.05, 3.63) is 23.8 Å². The number of hydrogen-bond donors (Lipinski definition) is 1. The summed E-state index contributed by atoms with van der Waals surface area (Å²) in [6.07, 6.45) is -0.630. The number of Topliss-reactive ketones (excluding diaryl/α,β-unsaturated/α-hetero) is 1. The van der Waals surface area contributed by atoms with Crippen molar-refractivity contribution in [2.45, 2.75) is 30.2 Å². The van der Waals surface area contributed by atoms with Crippen LogP contribution in [0.25, 0.3) is 0 Å². The maximum Gasteiger partial charge on any atom is 0.412 e. The zero-order chi connectivity index (χ0) is 17.1. The molecule has 22 heavy (non-hydrogen) atoms. The largest absolute Gasteiger partial charge is 0.496 e. The van der Waals surface area contributed by atoms with Crippen molar-refractivity contribution >= 4 is 52.4 Å². The number of ether oxygens (including phenoxy) is 2. The van der Waals surface area contributed by atoms with Crippen molar-refractivity contribution in [2.75, 3.05) is 12.4 Å². The van der Waals surface area contributed by atoms with Crippen LogP contribution in [-0.4, -0.2) is 28.4 Å². The minimum atomic E-state index is -2.09. The van der Waals surface area contributed by atoms with Crippen LogP contribution < -0.4 is 10.1 Å². The van der Waals surface area contributed by atoms with Gasteiger partial charge in [-0.05, 0) is 32.9 Å². The Morgan fingerprint density at radius 1 is 1.14 bits per heavy atom. The van der Waals surface area contributed by atoms with Crippen molar-refractivity contribution < 1.29 is 19.1 Å². The molecular formula is C14H16Cl3NO4. The summed E-state index contributed by atoms with van der Waals surface area (Å²) < 4.78 is 8.13. The van der Waals surface area contributed by atoms with Gasteiger partial charge in [-0.2, -0.15) is 0 Å². The average Bonchev–Trinajstić information content (AvgIpc) is 2.34. The van der Waals surface area contributed by atoms with Gasteiger partial charge in [0.05, 0.1) is 12.7 Å². The van der Waals surface area contributed by atoms with Crippen molar-refractivity contribution in [2.24, 2.45) is 0 Å². The predicted octanol–water partition coefficient (Wildman–Crippen LogP) is 4.60. The van der Waals surface area contributed by atoms with Crippen LogP contribution in [0.4, 0.5) is 10.5 Å². The summed E-state index contributed by atoms with van der Waals surface area (Å²) in [6.45, 7) is 5.24. The third-order valence-electron chi connectivity index (χ3n) is 2.35. The number of halogens is 3. The van der Waals surface area contributed by atoms with Crippen molar-refractivity contribution in [3.8, 4) is 5.75 Å². The Morgan fingerprint density at radius 3 is 2.18 bits per heavy atom. The molecule has 0 saturated heterocycles. The van der Waals surface area contributed by atoms with E-state index in [1.165, 1.54) is 25.3 Å². The molecule has 122 valence electrons. The first kappa shape index (κ1) is 18.9. The zero-order valence-corrected chi connectivity index (χ0v) is 14.8. The Hall–Kier alpha value is -1.17. The number of carbonyl (C=O) groups is 2. The van der Waals surface area contributed by atoms with Crippen LogP contribution in [0.1, 0.15) is 31.1 Å². The lowest BCUT2D eigenvalue weighted by molar-refractivity contribution is 0.0636. The first-order chi connectivity index (χ1) is 9.94.